The Morgan fingerprint density at radius 2 is 1.64 bits per heavy atom. The number of hydrogen-bond acceptors (Lipinski definition) is 4. The van der Waals surface area contributed by atoms with Crippen LogP contribution in [0.1, 0.15) is 42.6 Å². The van der Waals surface area contributed by atoms with Crippen molar-refractivity contribution in [3.63, 3.8) is 0 Å². The summed E-state index contributed by atoms with van der Waals surface area (Å²) in [4.78, 5) is 28.0. The maximum absolute atomic E-state index is 12.5. The molecule has 0 radical (unpaired) electrons. The van der Waals surface area contributed by atoms with Crippen LogP contribution in [0.4, 0.5) is 5.69 Å². The molecule has 0 aliphatic heterocycles. The second kappa shape index (κ2) is 8.21. The van der Waals surface area contributed by atoms with Crippen molar-refractivity contribution in [3.05, 3.63) is 77.5 Å². The number of ketones is 1. The summed E-state index contributed by atoms with van der Waals surface area (Å²) in [5.74, 6) is -0.903. The Labute approximate surface area is 164 Å². The molecular formula is C23H24N2O3. The molecule has 0 spiro atoms. The number of rotatable bonds is 6. The first-order valence-corrected chi connectivity index (χ1v) is 9.26. The number of hydrogen-bond donors (Lipinski definition) is 2. The molecule has 0 unspecified atom stereocenters. The van der Waals surface area contributed by atoms with Gasteiger partial charge in [0.2, 0.25) is 0 Å². The van der Waals surface area contributed by atoms with E-state index in [0.717, 1.165) is 29.9 Å². The van der Waals surface area contributed by atoms with Gasteiger partial charge < -0.3 is 10.4 Å². The summed E-state index contributed by atoms with van der Waals surface area (Å²) >= 11 is 0. The Hall–Kier alpha value is -3.21. The van der Waals surface area contributed by atoms with Gasteiger partial charge in [-0.15, -0.1) is 0 Å². The second-order valence-corrected chi connectivity index (χ2v) is 7.78. The average molecular weight is 376 g/mol. The van der Waals surface area contributed by atoms with Crippen LogP contribution in [0, 0.1) is 5.41 Å². The zero-order valence-electron chi connectivity index (χ0n) is 16.1. The maximum atomic E-state index is 12.5. The lowest BCUT2D eigenvalue weighted by molar-refractivity contribution is -0.135. The summed E-state index contributed by atoms with van der Waals surface area (Å²) in [5, 5.41) is 11.9. The van der Waals surface area contributed by atoms with Crippen molar-refractivity contribution in [2.24, 2.45) is 10.4 Å². The normalized spacial score (nSPS) is 17.1. The Kier molecular flexibility index (Phi) is 5.73. The number of aliphatic imine (C=N–C) groups is 1. The number of aliphatic carboxylic acids is 1. The Morgan fingerprint density at radius 1 is 1.00 bits per heavy atom. The van der Waals surface area contributed by atoms with Gasteiger partial charge in [0.25, 0.3) is 0 Å². The van der Waals surface area contributed by atoms with Crippen molar-refractivity contribution in [2.75, 3.05) is 6.54 Å². The molecule has 0 amide bonds. The van der Waals surface area contributed by atoms with Gasteiger partial charge in [-0.1, -0.05) is 44.2 Å². The predicted molar refractivity (Wildman–Crippen MR) is 110 cm³/mol. The van der Waals surface area contributed by atoms with Crippen LogP contribution in [0.2, 0.25) is 0 Å². The monoisotopic (exact) mass is 376 g/mol. The first-order chi connectivity index (χ1) is 13.3. The van der Waals surface area contributed by atoms with E-state index < -0.39 is 5.97 Å². The zero-order chi connectivity index (χ0) is 20.1. The van der Waals surface area contributed by atoms with Gasteiger partial charge in [0.05, 0.1) is 5.69 Å². The highest BCUT2D eigenvalue weighted by Gasteiger charge is 2.26. The van der Waals surface area contributed by atoms with Crippen LogP contribution in [0.25, 0.3) is 0 Å². The number of allylic oxidation sites excluding steroid dienone is 2. The molecule has 5 nitrogen and oxygen atoms in total. The number of carbonyl (C=O) groups excluding carboxylic acids is 1. The summed E-state index contributed by atoms with van der Waals surface area (Å²) in [6.45, 7) is 4.17. The van der Waals surface area contributed by atoms with Gasteiger partial charge in [-0.2, -0.15) is 0 Å². The molecule has 5 heteroatoms. The molecule has 0 bridgehead atoms. The van der Waals surface area contributed by atoms with Crippen molar-refractivity contribution < 1.29 is 14.7 Å². The Bertz CT molecular complexity index is 926. The third-order valence-corrected chi connectivity index (χ3v) is 4.57. The van der Waals surface area contributed by atoms with Gasteiger partial charge in [0, 0.05) is 22.5 Å². The fourth-order valence-corrected chi connectivity index (χ4v) is 3.36. The van der Waals surface area contributed by atoms with Crippen molar-refractivity contribution in [2.45, 2.75) is 26.7 Å². The highest BCUT2D eigenvalue weighted by Crippen LogP contribution is 2.34. The lowest BCUT2D eigenvalue weighted by atomic mass is 9.78. The smallest absolute Gasteiger partial charge is 0.322 e. The Balaban J connectivity index is 1.79. The van der Waals surface area contributed by atoms with E-state index in [4.69, 9.17) is 10.1 Å². The van der Waals surface area contributed by atoms with E-state index in [1.165, 1.54) is 0 Å². The molecule has 28 heavy (non-hydrogen) atoms. The molecule has 2 aromatic rings. The fourth-order valence-electron chi connectivity index (χ4n) is 3.36. The second-order valence-electron chi connectivity index (χ2n) is 7.78. The van der Waals surface area contributed by atoms with Crippen LogP contribution in [0.3, 0.4) is 0 Å². The van der Waals surface area contributed by atoms with E-state index in [2.05, 4.69) is 19.2 Å². The first-order valence-electron chi connectivity index (χ1n) is 9.26. The van der Waals surface area contributed by atoms with Gasteiger partial charge in [-0.05, 0) is 48.6 Å². The summed E-state index contributed by atoms with van der Waals surface area (Å²) in [6.07, 6.45) is 3.51. The third kappa shape index (κ3) is 5.16. The minimum atomic E-state index is -0.888. The van der Waals surface area contributed by atoms with E-state index in [1.807, 2.05) is 36.4 Å². The van der Waals surface area contributed by atoms with Crippen molar-refractivity contribution >= 4 is 23.2 Å². The van der Waals surface area contributed by atoms with E-state index in [-0.39, 0.29) is 17.7 Å². The van der Waals surface area contributed by atoms with E-state index in [1.54, 1.807) is 24.3 Å². The van der Waals surface area contributed by atoms with Crippen LogP contribution in [0.5, 0.6) is 0 Å². The molecule has 0 heterocycles. The molecule has 1 aliphatic rings. The van der Waals surface area contributed by atoms with Crippen LogP contribution in [-0.2, 0) is 4.79 Å². The molecule has 0 saturated heterocycles. The molecule has 2 N–H and O–H groups in total. The van der Waals surface area contributed by atoms with E-state index in [0.29, 0.717) is 11.1 Å². The third-order valence-electron chi connectivity index (χ3n) is 4.57. The van der Waals surface area contributed by atoms with Gasteiger partial charge in [0.1, 0.15) is 6.54 Å². The average Bonchev–Trinajstić information content (AvgIpc) is 2.66. The number of benzene rings is 2. The largest absolute Gasteiger partial charge is 0.480 e. The van der Waals surface area contributed by atoms with Crippen molar-refractivity contribution in [1.82, 2.24) is 5.32 Å². The molecule has 0 atom stereocenters. The van der Waals surface area contributed by atoms with E-state index >= 15 is 0 Å². The number of nitrogens with one attached hydrogen (secondary N) is 1. The summed E-state index contributed by atoms with van der Waals surface area (Å²) in [5.41, 5.74) is 3.83. The van der Waals surface area contributed by atoms with Gasteiger partial charge in [0.15, 0.2) is 5.78 Å². The van der Waals surface area contributed by atoms with Gasteiger partial charge in [-0.25, -0.2) is 0 Å². The fraction of sp³-hybridized carbons (Fsp3) is 0.261. The number of carboxylic acid groups (broad SMARTS) is 1. The van der Waals surface area contributed by atoms with Crippen LogP contribution < -0.4 is 5.32 Å². The predicted octanol–water partition coefficient (Wildman–Crippen LogP) is 4.37. The van der Waals surface area contributed by atoms with Crippen LogP contribution in [-0.4, -0.2) is 29.1 Å². The molecular weight excluding hydrogens is 352 g/mol. The lowest BCUT2D eigenvalue weighted by Gasteiger charge is -2.30. The molecule has 0 fully saturated rings. The molecule has 3 rings (SSSR count). The first kappa shape index (κ1) is 19.5. The Morgan fingerprint density at radius 3 is 2.29 bits per heavy atom. The van der Waals surface area contributed by atoms with Gasteiger partial charge >= 0.3 is 5.97 Å². The maximum Gasteiger partial charge on any atom is 0.322 e. The van der Waals surface area contributed by atoms with E-state index in [9.17, 15) is 9.59 Å². The zero-order valence-corrected chi connectivity index (χ0v) is 16.1. The molecule has 0 saturated carbocycles. The summed E-state index contributed by atoms with van der Waals surface area (Å²) in [6, 6.07) is 16.4. The SMILES string of the molecule is CC1(C)CC(NCC(=O)O)=C/C(=N/c2ccc(C(=O)c3ccccc3)cc2)C1. The minimum absolute atomic E-state index is 0.00235. The quantitative estimate of drug-likeness (QED) is 0.734. The lowest BCUT2D eigenvalue weighted by Crippen LogP contribution is -2.30. The number of nitrogens with zero attached hydrogens (tertiary/aromatic N) is 1. The number of carbonyl (C=O) groups is 2. The molecule has 0 aromatic heterocycles. The topological polar surface area (TPSA) is 78.8 Å². The van der Waals surface area contributed by atoms with Crippen LogP contribution in [0.15, 0.2) is 71.4 Å². The molecule has 2 aromatic carbocycles. The summed E-state index contributed by atoms with van der Waals surface area (Å²) < 4.78 is 0. The van der Waals surface area contributed by atoms with Crippen molar-refractivity contribution in [1.29, 1.82) is 0 Å². The van der Waals surface area contributed by atoms with Crippen molar-refractivity contribution in [3.8, 4) is 0 Å². The highest BCUT2D eigenvalue weighted by atomic mass is 16.4. The van der Waals surface area contributed by atoms with Gasteiger partial charge in [-0.3, -0.25) is 14.6 Å². The molecule has 1 aliphatic carbocycles. The number of carboxylic acids is 1. The minimum Gasteiger partial charge on any atom is -0.480 e. The molecule has 144 valence electrons. The van der Waals surface area contributed by atoms with Crippen LogP contribution >= 0.6 is 0 Å². The standard InChI is InChI=1S/C23H24N2O3/c1-23(2)13-19(24-15-21(26)27)12-20(14-23)25-18-10-8-17(9-11-18)22(28)16-6-4-3-5-7-16/h3-12,24H,13-15H2,1-2H3,(H,26,27)/b25-20-. The highest BCUT2D eigenvalue weighted by molar-refractivity contribution is 6.09. The summed E-state index contributed by atoms with van der Waals surface area (Å²) in [7, 11) is 0.